The molecule has 3 rings (SSSR count). The van der Waals surface area contributed by atoms with Crippen molar-refractivity contribution in [3.8, 4) is 5.75 Å². The molecule has 31 heavy (non-hydrogen) atoms. The van der Waals surface area contributed by atoms with E-state index in [2.05, 4.69) is 34.6 Å². The molecule has 1 aliphatic rings. The van der Waals surface area contributed by atoms with Crippen molar-refractivity contribution in [3.63, 3.8) is 0 Å². The fourth-order valence-electron chi connectivity index (χ4n) is 3.88. The molecule has 0 aliphatic carbocycles. The first-order valence-corrected chi connectivity index (χ1v) is 11.1. The second-order valence-electron chi connectivity index (χ2n) is 8.05. The predicted molar refractivity (Wildman–Crippen MR) is 123 cm³/mol. The summed E-state index contributed by atoms with van der Waals surface area (Å²) in [7, 11) is 1.68. The fourth-order valence-corrected chi connectivity index (χ4v) is 3.88. The van der Waals surface area contributed by atoms with E-state index in [1.165, 1.54) is 5.56 Å². The number of benzene rings is 2. The van der Waals surface area contributed by atoms with Crippen molar-refractivity contribution in [2.24, 2.45) is 5.92 Å². The average Bonchev–Trinajstić information content (AvgIpc) is 2.80. The highest BCUT2D eigenvalue weighted by Gasteiger charge is 2.26. The predicted octanol–water partition coefficient (Wildman–Crippen LogP) is 4.08. The minimum absolute atomic E-state index is 0.00478. The maximum atomic E-state index is 12.9. The van der Waals surface area contributed by atoms with E-state index < -0.39 is 0 Å². The summed E-state index contributed by atoms with van der Waals surface area (Å²) in [6.07, 6.45) is 3.57. The van der Waals surface area contributed by atoms with E-state index in [4.69, 9.17) is 4.74 Å². The Labute approximate surface area is 185 Å². The Hall–Kier alpha value is -2.86. The van der Waals surface area contributed by atoms with Crippen LogP contribution in [0.25, 0.3) is 0 Å². The zero-order valence-corrected chi connectivity index (χ0v) is 18.5. The van der Waals surface area contributed by atoms with Crippen molar-refractivity contribution in [1.29, 1.82) is 0 Å². The number of unbranched alkanes of at least 4 members (excludes halogenated alkanes) is 1. The number of piperidine rings is 1. The summed E-state index contributed by atoms with van der Waals surface area (Å²) in [6.45, 7) is 5.32. The number of amides is 2. The Morgan fingerprint density at radius 2 is 1.87 bits per heavy atom. The van der Waals surface area contributed by atoms with Crippen LogP contribution in [0.3, 0.4) is 0 Å². The molecule has 1 fully saturated rings. The number of methoxy groups -OCH3 is 1. The first-order chi connectivity index (χ1) is 15.1. The molecule has 0 saturated carbocycles. The van der Waals surface area contributed by atoms with Crippen LogP contribution in [0.15, 0.2) is 48.5 Å². The molecule has 0 aromatic heterocycles. The van der Waals surface area contributed by atoms with Crippen LogP contribution in [-0.4, -0.2) is 43.5 Å². The third-order valence-corrected chi connectivity index (χ3v) is 5.74. The molecule has 0 bridgehead atoms. The van der Waals surface area contributed by atoms with Gasteiger partial charge in [-0.15, -0.1) is 0 Å². The van der Waals surface area contributed by atoms with Gasteiger partial charge in [-0.25, -0.2) is 0 Å². The van der Waals surface area contributed by atoms with Crippen LogP contribution in [0.4, 0.5) is 5.69 Å². The normalized spacial score (nSPS) is 14.8. The number of hydrogen-bond donors (Lipinski definition) is 2. The molecule has 166 valence electrons. The molecule has 1 heterocycles. The minimum atomic E-state index is -0.141. The highest BCUT2D eigenvalue weighted by molar-refractivity contribution is 6.04. The third kappa shape index (κ3) is 6.56. The van der Waals surface area contributed by atoms with Crippen LogP contribution in [0, 0.1) is 5.92 Å². The second kappa shape index (κ2) is 11.5. The number of likely N-dealkylation sites (tertiary alicyclic amines) is 1. The maximum absolute atomic E-state index is 12.9. The summed E-state index contributed by atoms with van der Waals surface area (Å²) < 4.78 is 5.30. The Bertz CT molecular complexity index is 876. The lowest BCUT2D eigenvalue weighted by molar-refractivity contribution is -0.121. The molecular formula is C25H33N3O3. The van der Waals surface area contributed by atoms with Gasteiger partial charge in [0.05, 0.1) is 18.4 Å². The number of rotatable bonds is 9. The summed E-state index contributed by atoms with van der Waals surface area (Å²) >= 11 is 0. The lowest BCUT2D eigenvalue weighted by Gasteiger charge is -2.31. The molecule has 0 radical (unpaired) electrons. The lowest BCUT2D eigenvalue weighted by Crippen LogP contribution is -2.38. The molecule has 0 atom stereocenters. The van der Waals surface area contributed by atoms with Crippen molar-refractivity contribution >= 4 is 17.5 Å². The molecule has 1 aliphatic heterocycles. The SMILES string of the molecule is CCCCNC(=O)c1ccccc1NC(=O)C1CCN(Cc2cccc(OC)c2)CC1. The molecule has 0 spiro atoms. The zero-order valence-electron chi connectivity index (χ0n) is 18.5. The monoisotopic (exact) mass is 423 g/mol. The topological polar surface area (TPSA) is 70.7 Å². The molecule has 6 heteroatoms. The van der Waals surface area contributed by atoms with Crippen molar-refractivity contribution in [2.45, 2.75) is 39.2 Å². The average molecular weight is 424 g/mol. The highest BCUT2D eigenvalue weighted by atomic mass is 16.5. The number of nitrogens with one attached hydrogen (secondary N) is 2. The first-order valence-electron chi connectivity index (χ1n) is 11.1. The molecule has 6 nitrogen and oxygen atoms in total. The summed E-state index contributed by atoms with van der Waals surface area (Å²) in [6, 6.07) is 15.3. The van der Waals surface area contributed by atoms with Crippen molar-refractivity contribution in [2.75, 3.05) is 32.1 Å². The number of nitrogens with zero attached hydrogens (tertiary/aromatic N) is 1. The van der Waals surface area contributed by atoms with Crippen molar-refractivity contribution in [1.82, 2.24) is 10.2 Å². The van der Waals surface area contributed by atoms with Crippen LogP contribution < -0.4 is 15.4 Å². The quantitative estimate of drug-likeness (QED) is 0.597. The van der Waals surface area contributed by atoms with E-state index in [-0.39, 0.29) is 17.7 Å². The standard InChI is InChI=1S/C25H33N3O3/c1-3-4-14-26-25(30)22-10-5-6-11-23(22)27-24(29)20-12-15-28(16-13-20)18-19-8-7-9-21(17-19)31-2/h5-11,17,20H,3-4,12-16,18H2,1-2H3,(H,26,30)(H,27,29). The van der Waals surface area contributed by atoms with E-state index in [1.807, 2.05) is 24.3 Å². The minimum Gasteiger partial charge on any atom is -0.497 e. The van der Waals surface area contributed by atoms with Gasteiger partial charge in [0.2, 0.25) is 5.91 Å². The van der Waals surface area contributed by atoms with Crippen LogP contribution in [0.1, 0.15) is 48.5 Å². The second-order valence-corrected chi connectivity index (χ2v) is 8.05. The molecule has 2 aromatic carbocycles. The number of carbonyl (C=O) groups excluding carboxylic acids is 2. The van der Waals surface area contributed by atoms with E-state index in [0.29, 0.717) is 17.8 Å². The fraction of sp³-hybridized carbons (Fsp3) is 0.440. The van der Waals surface area contributed by atoms with Crippen molar-refractivity contribution < 1.29 is 14.3 Å². The summed E-state index contributed by atoms with van der Waals surface area (Å²) in [5.74, 6) is 0.675. The summed E-state index contributed by atoms with van der Waals surface area (Å²) in [5.41, 5.74) is 2.31. The first kappa shape index (κ1) is 22.8. The van der Waals surface area contributed by atoms with Gasteiger partial charge in [0.1, 0.15) is 5.75 Å². The maximum Gasteiger partial charge on any atom is 0.253 e. The number of ether oxygens (including phenoxy) is 1. The Morgan fingerprint density at radius 1 is 1.10 bits per heavy atom. The smallest absolute Gasteiger partial charge is 0.253 e. The van der Waals surface area contributed by atoms with Gasteiger partial charge in [-0.2, -0.15) is 0 Å². The summed E-state index contributed by atoms with van der Waals surface area (Å²) in [4.78, 5) is 27.7. The van der Waals surface area contributed by atoms with Crippen LogP contribution in [0.2, 0.25) is 0 Å². The van der Waals surface area contributed by atoms with Crippen molar-refractivity contribution in [3.05, 3.63) is 59.7 Å². The Balaban J connectivity index is 1.53. The number of hydrogen-bond acceptors (Lipinski definition) is 4. The molecule has 2 amide bonds. The molecule has 1 saturated heterocycles. The van der Waals surface area contributed by atoms with E-state index in [9.17, 15) is 9.59 Å². The van der Waals surface area contributed by atoms with Gasteiger partial charge in [-0.05, 0) is 62.2 Å². The van der Waals surface area contributed by atoms with Crippen LogP contribution >= 0.6 is 0 Å². The van der Waals surface area contributed by atoms with Gasteiger partial charge in [0, 0.05) is 19.0 Å². The molecule has 2 N–H and O–H groups in total. The summed E-state index contributed by atoms with van der Waals surface area (Å²) in [5, 5.41) is 5.92. The van der Waals surface area contributed by atoms with E-state index in [0.717, 1.165) is 51.1 Å². The number of carbonyl (C=O) groups is 2. The molecular weight excluding hydrogens is 390 g/mol. The van der Waals surface area contributed by atoms with E-state index >= 15 is 0 Å². The van der Waals surface area contributed by atoms with Gasteiger partial charge in [0.25, 0.3) is 5.91 Å². The Kier molecular flexibility index (Phi) is 8.47. The van der Waals surface area contributed by atoms with Crippen LogP contribution in [0.5, 0.6) is 5.75 Å². The van der Waals surface area contributed by atoms with Crippen LogP contribution in [-0.2, 0) is 11.3 Å². The van der Waals surface area contributed by atoms with E-state index in [1.54, 1.807) is 19.2 Å². The molecule has 0 unspecified atom stereocenters. The molecule has 2 aromatic rings. The van der Waals surface area contributed by atoms with Gasteiger partial charge < -0.3 is 15.4 Å². The number of para-hydroxylation sites is 1. The van der Waals surface area contributed by atoms with Gasteiger partial charge in [0.15, 0.2) is 0 Å². The van der Waals surface area contributed by atoms with Gasteiger partial charge >= 0.3 is 0 Å². The third-order valence-electron chi connectivity index (χ3n) is 5.74. The lowest BCUT2D eigenvalue weighted by atomic mass is 9.95. The van der Waals surface area contributed by atoms with Gasteiger partial charge in [-0.3, -0.25) is 14.5 Å². The number of anilines is 1. The van der Waals surface area contributed by atoms with Gasteiger partial charge in [-0.1, -0.05) is 37.6 Å². The largest absolute Gasteiger partial charge is 0.497 e. The highest BCUT2D eigenvalue weighted by Crippen LogP contribution is 2.23. The Morgan fingerprint density at radius 3 is 2.61 bits per heavy atom. The zero-order chi connectivity index (χ0) is 22.1.